The van der Waals surface area contributed by atoms with Gasteiger partial charge >= 0.3 is 0 Å². The molecule has 0 amide bonds. The zero-order valence-electron chi connectivity index (χ0n) is 9.20. The minimum atomic E-state index is -3.91. The van der Waals surface area contributed by atoms with Crippen LogP contribution < -0.4 is 4.74 Å². The molecule has 0 fully saturated rings. The number of Topliss-reactive ketones (excluding diaryl/α,β-unsaturated/α-hetero) is 1. The van der Waals surface area contributed by atoms with E-state index >= 15 is 0 Å². The summed E-state index contributed by atoms with van der Waals surface area (Å²) in [5.41, 5.74) is 1.07. The van der Waals surface area contributed by atoms with E-state index in [1.54, 1.807) is 6.07 Å². The SMILES string of the molecule is CCc1cc2c(c(S(=O)(=O)Cl)c1)OCCC2=O. The summed E-state index contributed by atoms with van der Waals surface area (Å²) in [6, 6.07) is 3.13. The normalized spacial score (nSPS) is 15.3. The molecule has 0 N–H and O–H groups in total. The molecule has 1 aromatic rings. The van der Waals surface area contributed by atoms with E-state index in [1.807, 2.05) is 6.92 Å². The molecule has 0 spiro atoms. The average Bonchev–Trinajstić information content (AvgIpc) is 2.27. The van der Waals surface area contributed by atoms with E-state index in [0.29, 0.717) is 12.0 Å². The maximum Gasteiger partial charge on any atom is 0.265 e. The van der Waals surface area contributed by atoms with E-state index in [9.17, 15) is 13.2 Å². The highest BCUT2D eigenvalue weighted by molar-refractivity contribution is 8.13. The third-order valence-corrected chi connectivity index (χ3v) is 3.99. The first-order valence-corrected chi connectivity index (χ1v) is 7.52. The van der Waals surface area contributed by atoms with Crippen molar-refractivity contribution in [2.45, 2.75) is 24.7 Å². The number of aryl methyl sites for hydroxylation is 1. The van der Waals surface area contributed by atoms with Crippen molar-refractivity contribution in [3.8, 4) is 5.75 Å². The average molecular weight is 275 g/mol. The summed E-state index contributed by atoms with van der Waals surface area (Å²) in [4.78, 5) is 11.6. The van der Waals surface area contributed by atoms with Crippen LogP contribution in [0.5, 0.6) is 5.75 Å². The second-order valence-electron chi connectivity index (χ2n) is 3.78. The Labute approximate surface area is 104 Å². The monoisotopic (exact) mass is 274 g/mol. The van der Waals surface area contributed by atoms with Gasteiger partial charge in [0.1, 0.15) is 10.6 Å². The fourth-order valence-electron chi connectivity index (χ4n) is 1.78. The van der Waals surface area contributed by atoms with Crippen molar-refractivity contribution in [2.75, 3.05) is 6.61 Å². The van der Waals surface area contributed by atoms with E-state index in [-0.39, 0.29) is 29.5 Å². The second-order valence-corrected chi connectivity index (χ2v) is 6.32. The Morgan fingerprint density at radius 1 is 1.41 bits per heavy atom. The summed E-state index contributed by atoms with van der Waals surface area (Å²) < 4.78 is 28.2. The Morgan fingerprint density at radius 2 is 2.12 bits per heavy atom. The minimum absolute atomic E-state index is 0.0912. The lowest BCUT2D eigenvalue weighted by Crippen LogP contribution is -2.17. The van der Waals surface area contributed by atoms with Gasteiger partial charge in [0.15, 0.2) is 5.78 Å². The smallest absolute Gasteiger partial charge is 0.265 e. The van der Waals surface area contributed by atoms with Gasteiger partial charge in [-0.3, -0.25) is 4.79 Å². The third-order valence-electron chi connectivity index (χ3n) is 2.66. The van der Waals surface area contributed by atoms with Gasteiger partial charge in [0, 0.05) is 17.1 Å². The van der Waals surface area contributed by atoms with Crippen molar-refractivity contribution in [2.24, 2.45) is 0 Å². The molecule has 0 radical (unpaired) electrons. The first-order chi connectivity index (χ1) is 7.93. The Bertz CT molecular complexity index is 577. The molecule has 0 aromatic heterocycles. The van der Waals surface area contributed by atoms with Crippen molar-refractivity contribution in [1.29, 1.82) is 0 Å². The van der Waals surface area contributed by atoms with Gasteiger partial charge in [-0.1, -0.05) is 6.92 Å². The quantitative estimate of drug-likeness (QED) is 0.775. The zero-order chi connectivity index (χ0) is 12.6. The number of fused-ring (bicyclic) bond motifs is 1. The van der Waals surface area contributed by atoms with E-state index in [2.05, 4.69) is 0 Å². The highest BCUT2D eigenvalue weighted by atomic mass is 35.7. The molecule has 0 atom stereocenters. The number of carbonyl (C=O) groups excluding carboxylic acids is 1. The molecular formula is C11H11ClO4S. The van der Waals surface area contributed by atoms with Crippen molar-refractivity contribution >= 4 is 25.5 Å². The number of benzene rings is 1. The molecule has 0 aliphatic carbocycles. The maximum atomic E-state index is 11.7. The zero-order valence-corrected chi connectivity index (χ0v) is 10.8. The summed E-state index contributed by atoms with van der Waals surface area (Å²) in [5, 5.41) is 0. The fraction of sp³-hybridized carbons (Fsp3) is 0.364. The van der Waals surface area contributed by atoms with Crippen molar-refractivity contribution < 1.29 is 17.9 Å². The molecule has 1 aliphatic heterocycles. The molecular weight excluding hydrogens is 264 g/mol. The van der Waals surface area contributed by atoms with Gasteiger partial charge in [-0.15, -0.1) is 0 Å². The first-order valence-electron chi connectivity index (χ1n) is 5.21. The molecule has 1 aromatic carbocycles. The molecule has 6 heteroatoms. The Morgan fingerprint density at radius 3 is 2.71 bits per heavy atom. The van der Waals surface area contributed by atoms with Crippen LogP contribution in [0.1, 0.15) is 29.3 Å². The lowest BCUT2D eigenvalue weighted by Gasteiger charge is -2.19. The van der Waals surface area contributed by atoms with Gasteiger partial charge in [0.2, 0.25) is 0 Å². The fourth-order valence-corrected chi connectivity index (χ4v) is 2.81. The standard InChI is InChI=1S/C11H11ClO4S/c1-2-7-5-8-9(13)3-4-16-11(8)10(6-7)17(12,14)15/h5-6H,2-4H2,1H3. The van der Waals surface area contributed by atoms with Crippen LogP contribution in [0.15, 0.2) is 17.0 Å². The van der Waals surface area contributed by atoms with Crippen LogP contribution in [-0.2, 0) is 15.5 Å². The van der Waals surface area contributed by atoms with Crippen LogP contribution >= 0.6 is 10.7 Å². The molecule has 2 rings (SSSR count). The van der Waals surface area contributed by atoms with E-state index in [4.69, 9.17) is 15.4 Å². The Kier molecular flexibility index (Phi) is 3.14. The second kappa shape index (κ2) is 4.31. The number of hydrogen-bond donors (Lipinski definition) is 0. The lowest BCUT2D eigenvalue weighted by atomic mass is 10.0. The van der Waals surface area contributed by atoms with Crippen molar-refractivity contribution in [3.63, 3.8) is 0 Å². The van der Waals surface area contributed by atoms with Crippen LogP contribution in [0.2, 0.25) is 0 Å². The maximum absolute atomic E-state index is 11.7. The number of ketones is 1. The van der Waals surface area contributed by atoms with Crippen LogP contribution in [0, 0.1) is 0 Å². The molecule has 17 heavy (non-hydrogen) atoms. The van der Waals surface area contributed by atoms with Crippen molar-refractivity contribution in [1.82, 2.24) is 0 Å². The van der Waals surface area contributed by atoms with Crippen LogP contribution in [-0.4, -0.2) is 20.8 Å². The van der Waals surface area contributed by atoms with Gasteiger partial charge in [0.05, 0.1) is 12.2 Å². The molecule has 0 unspecified atom stereocenters. The summed E-state index contributed by atoms with van der Waals surface area (Å²) in [6.45, 7) is 2.07. The van der Waals surface area contributed by atoms with E-state index < -0.39 is 9.05 Å². The number of ether oxygens (including phenoxy) is 1. The molecule has 92 valence electrons. The van der Waals surface area contributed by atoms with Gasteiger partial charge in [-0.25, -0.2) is 8.42 Å². The molecule has 1 aliphatic rings. The van der Waals surface area contributed by atoms with Crippen molar-refractivity contribution in [3.05, 3.63) is 23.3 Å². The number of carbonyl (C=O) groups is 1. The van der Waals surface area contributed by atoms with Gasteiger partial charge in [-0.05, 0) is 24.1 Å². The largest absolute Gasteiger partial charge is 0.491 e. The predicted octanol–water partition coefficient (Wildman–Crippen LogP) is 2.14. The van der Waals surface area contributed by atoms with Gasteiger partial charge in [0.25, 0.3) is 9.05 Å². The highest BCUT2D eigenvalue weighted by Gasteiger charge is 2.27. The molecule has 4 nitrogen and oxygen atoms in total. The van der Waals surface area contributed by atoms with Crippen LogP contribution in [0.4, 0.5) is 0 Å². The number of halogens is 1. The topological polar surface area (TPSA) is 60.4 Å². The molecule has 0 saturated heterocycles. The minimum Gasteiger partial charge on any atom is -0.491 e. The third kappa shape index (κ3) is 2.30. The lowest BCUT2D eigenvalue weighted by molar-refractivity contribution is 0.0931. The summed E-state index contributed by atoms with van der Waals surface area (Å²) >= 11 is 0. The summed E-state index contributed by atoms with van der Waals surface area (Å²) in [6.07, 6.45) is 0.891. The van der Waals surface area contributed by atoms with Gasteiger partial charge in [-0.2, -0.15) is 0 Å². The molecule has 1 heterocycles. The summed E-state index contributed by atoms with van der Waals surface area (Å²) in [5.74, 6) is -0.0171. The molecule has 0 saturated carbocycles. The highest BCUT2D eigenvalue weighted by Crippen LogP contribution is 2.35. The molecule has 0 bridgehead atoms. The van der Waals surface area contributed by atoms with Crippen LogP contribution in [0.25, 0.3) is 0 Å². The first kappa shape index (κ1) is 12.4. The van der Waals surface area contributed by atoms with E-state index in [0.717, 1.165) is 5.56 Å². The number of hydrogen-bond acceptors (Lipinski definition) is 4. The van der Waals surface area contributed by atoms with Gasteiger partial charge < -0.3 is 4.74 Å². The Balaban J connectivity index is 2.75. The predicted molar refractivity (Wildman–Crippen MR) is 63.3 cm³/mol. The number of rotatable bonds is 2. The van der Waals surface area contributed by atoms with Crippen LogP contribution in [0.3, 0.4) is 0 Å². The Hall–Kier alpha value is -1.07. The van der Waals surface area contributed by atoms with E-state index in [1.165, 1.54) is 6.07 Å². The summed E-state index contributed by atoms with van der Waals surface area (Å²) in [7, 11) is 1.45.